The van der Waals surface area contributed by atoms with Gasteiger partial charge >= 0.3 is 0 Å². The Kier molecular flexibility index (Phi) is 11.8. The fourth-order valence-corrected chi connectivity index (χ4v) is 5.03. The van der Waals surface area contributed by atoms with Crippen LogP contribution in [0.2, 0.25) is 0 Å². The normalized spacial score (nSPS) is 16.2. The third-order valence-electron chi connectivity index (χ3n) is 7.55. The molecule has 1 saturated carbocycles. The number of aliphatic hydroxyl groups excluding tert-OH is 1. The molecule has 2 aliphatic rings. The van der Waals surface area contributed by atoms with Crippen LogP contribution >= 0.6 is 0 Å². The van der Waals surface area contributed by atoms with Gasteiger partial charge in [0.2, 0.25) is 11.8 Å². The summed E-state index contributed by atoms with van der Waals surface area (Å²) in [4.78, 5) is 52.8. The fourth-order valence-electron chi connectivity index (χ4n) is 5.03. The zero-order valence-electron chi connectivity index (χ0n) is 23.8. The molecular weight excluding hydrogens is 550 g/mol. The van der Waals surface area contributed by atoms with E-state index >= 15 is 0 Å². The van der Waals surface area contributed by atoms with Crippen molar-refractivity contribution in [1.82, 2.24) is 20.6 Å². The third kappa shape index (κ3) is 9.38. The lowest BCUT2D eigenvalue weighted by molar-refractivity contribution is -0.133. The molecule has 43 heavy (non-hydrogen) atoms. The first-order valence-electron chi connectivity index (χ1n) is 14.1. The number of likely N-dealkylation sites (tertiary alicyclic amines) is 1. The summed E-state index contributed by atoms with van der Waals surface area (Å²) in [6.45, 7) is 4.74. The third-order valence-corrected chi connectivity index (χ3v) is 7.55. The van der Waals surface area contributed by atoms with Crippen molar-refractivity contribution < 1.29 is 29.5 Å². The second-order valence-corrected chi connectivity index (χ2v) is 10.8. The van der Waals surface area contributed by atoms with Crippen LogP contribution in [0.5, 0.6) is 0 Å². The van der Waals surface area contributed by atoms with E-state index in [0.29, 0.717) is 29.9 Å². The van der Waals surface area contributed by atoms with Crippen molar-refractivity contribution in [3.05, 3.63) is 65.2 Å². The second kappa shape index (κ2) is 15.3. The summed E-state index contributed by atoms with van der Waals surface area (Å²) in [7, 11) is 0. The van der Waals surface area contributed by atoms with E-state index in [0.717, 1.165) is 44.3 Å². The van der Waals surface area contributed by atoms with Crippen molar-refractivity contribution in [2.45, 2.75) is 71.2 Å². The molecule has 2 aromatic rings. The van der Waals surface area contributed by atoms with E-state index < -0.39 is 24.0 Å². The van der Waals surface area contributed by atoms with Gasteiger partial charge in [-0.25, -0.2) is 5.48 Å². The molecule has 2 aromatic carbocycles. The molecule has 2 fully saturated rings. The summed E-state index contributed by atoms with van der Waals surface area (Å²) in [6.07, 6.45) is 2.79. The van der Waals surface area contributed by atoms with E-state index in [1.54, 1.807) is 31.2 Å². The van der Waals surface area contributed by atoms with Crippen LogP contribution < -0.4 is 16.1 Å². The van der Waals surface area contributed by atoms with Gasteiger partial charge in [0, 0.05) is 54.5 Å². The van der Waals surface area contributed by atoms with E-state index in [1.165, 1.54) is 12.4 Å². The molecule has 11 heteroatoms. The Labute approximate surface area is 252 Å². The zero-order chi connectivity index (χ0) is 30.2. The van der Waals surface area contributed by atoms with E-state index in [-0.39, 0.29) is 24.8 Å². The quantitative estimate of drug-likeness (QED) is 0.170. The highest BCUT2D eigenvalue weighted by atomic mass is 16.5. The second-order valence-electron chi connectivity index (χ2n) is 10.8. The van der Waals surface area contributed by atoms with Gasteiger partial charge in [0.1, 0.15) is 6.04 Å². The molecule has 1 aliphatic carbocycles. The molecule has 11 nitrogen and oxygen atoms in total. The molecule has 0 spiro atoms. The maximum atomic E-state index is 12.9. The Morgan fingerprint density at radius 2 is 1.47 bits per heavy atom. The average molecular weight is 592 g/mol. The molecular formula is C32H41N5O6. The molecule has 1 heterocycles. The number of aliphatic hydroxyl groups is 1. The summed E-state index contributed by atoms with van der Waals surface area (Å²) >= 11 is 0. The standard InChI is InChI=1S/C31H37N5O6.CH4/c1-20(37)29(31(41)34-42)33-30(40)24-9-5-22(6-10-24)3-4-23-7-11-25(12-8-23)32-28(39)19-36(26-13-14-26)27-15-17-35(18-16-27)21(2)38;/h5-12,20,26-27,29,37,42H,13-19H2,1-2H3,(H,32,39)(H,33,40)(H,34,41);1H4/t20-,29+;/m1./s1. The number of carbonyl (C=O) groups excluding carboxylic acids is 4. The molecule has 1 aliphatic heterocycles. The lowest BCUT2D eigenvalue weighted by Crippen LogP contribution is -2.51. The molecule has 5 N–H and O–H groups in total. The summed E-state index contributed by atoms with van der Waals surface area (Å²) in [6, 6.07) is 13.1. The topological polar surface area (TPSA) is 151 Å². The maximum Gasteiger partial charge on any atom is 0.268 e. The van der Waals surface area contributed by atoms with Crippen LogP contribution in [0.3, 0.4) is 0 Å². The summed E-state index contributed by atoms with van der Waals surface area (Å²) in [5.74, 6) is 4.63. The number of rotatable bonds is 9. The molecule has 2 atom stereocenters. The van der Waals surface area contributed by atoms with Gasteiger partial charge in [0.05, 0.1) is 12.6 Å². The number of hydrogen-bond acceptors (Lipinski definition) is 7. The van der Waals surface area contributed by atoms with Gasteiger partial charge in [-0.2, -0.15) is 0 Å². The SMILES string of the molecule is C.CC(=O)N1CCC(N(CC(=O)Nc2ccc(C#Cc3ccc(C(=O)N[C@H](C(=O)NO)[C@@H](C)O)cc3)cc2)C2CC2)CC1. The minimum absolute atomic E-state index is 0. The van der Waals surface area contributed by atoms with Gasteiger partial charge in [-0.15, -0.1) is 0 Å². The van der Waals surface area contributed by atoms with E-state index in [1.807, 2.05) is 29.2 Å². The molecule has 0 unspecified atom stereocenters. The van der Waals surface area contributed by atoms with Crippen LogP contribution in [0, 0.1) is 11.8 Å². The van der Waals surface area contributed by atoms with Crippen molar-refractivity contribution in [2.24, 2.45) is 0 Å². The first-order chi connectivity index (χ1) is 20.1. The molecule has 0 bridgehead atoms. The first-order valence-corrected chi connectivity index (χ1v) is 14.1. The molecule has 4 rings (SSSR count). The van der Waals surface area contributed by atoms with Crippen molar-refractivity contribution in [1.29, 1.82) is 0 Å². The molecule has 4 amide bonds. The number of nitrogens with zero attached hydrogens (tertiary/aromatic N) is 2. The first kappa shape index (κ1) is 33.3. The zero-order valence-corrected chi connectivity index (χ0v) is 23.8. The van der Waals surface area contributed by atoms with E-state index in [9.17, 15) is 24.3 Å². The Balaban J connectivity index is 0.00000506. The van der Waals surface area contributed by atoms with Gasteiger partial charge < -0.3 is 20.6 Å². The van der Waals surface area contributed by atoms with Crippen LogP contribution in [0.25, 0.3) is 0 Å². The van der Waals surface area contributed by atoms with Crippen LogP contribution in [0.15, 0.2) is 48.5 Å². The van der Waals surface area contributed by atoms with E-state index in [4.69, 9.17) is 5.21 Å². The predicted octanol–water partition coefficient (Wildman–Crippen LogP) is 2.12. The highest BCUT2D eigenvalue weighted by molar-refractivity contribution is 5.97. The number of hydroxylamine groups is 1. The largest absolute Gasteiger partial charge is 0.391 e. The monoisotopic (exact) mass is 591 g/mol. The van der Waals surface area contributed by atoms with Crippen LogP contribution in [0.1, 0.15) is 68.4 Å². The van der Waals surface area contributed by atoms with Crippen molar-refractivity contribution in [3.63, 3.8) is 0 Å². The summed E-state index contributed by atoms with van der Waals surface area (Å²) in [5, 5.41) is 23.8. The van der Waals surface area contributed by atoms with Gasteiger partial charge in [-0.3, -0.25) is 29.3 Å². The number of nitrogens with one attached hydrogen (secondary N) is 3. The minimum atomic E-state index is -1.30. The Morgan fingerprint density at radius 3 is 1.95 bits per heavy atom. The average Bonchev–Trinajstić information content (AvgIpc) is 3.83. The van der Waals surface area contributed by atoms with E-state index in [2.05, 4.69) is 27.4 Å². The van der Waals surface area contributed by atoms with Crippen LogP contribution in [-0.2, 0) is 14.4 Å². The van der Waals surface area contributed by atoms with Crippen LogP contribution in [0.4, 0.5) is 5.69 Å². The highest BCUT2D eigenvalue weighted by Gasteiger charge is 2.36. The number of hydrogen-bond donors (Lipinski definition) is 5. The number of amides is 4. The number of anilines is 1. The number of piperidine rings is 1. The lowest BCUT2D eigenvalue weighted by atomic mass is 10.0. The summed E-state index contributed by atoms with van der Waals surface area (Å²) in [5.41, 5.74) is 3.79. The Hall–Kier alpha value is -4.24. The molecule has 0 radical (unpaired) electrons. The van der Waals surface area contributed by atoms with Crippen molar-refractivity contribution in [3.8, 4) is 11.8 Å². The molecule has 230 valence electrons. The lowest BCUT2D eigenvalue weighted by Gasteiger charge is -2.38. The van der Waals surface area contributed by atoms with Gasteiger partial charge in [0.25, 0.3) is 11.8 Å². The van der Waals surface area contributed by atoms with Crippen LogP contribution in [-0.4, -0.2) is 87.6 Å². The highest BCUT2D eigenvalue weighted by Crippen LogP contribution is 2.31. The van der Waals surface area contributed by atoms with Gasteiger partial charge in [0.15, 0.2) is 0 Å². The van der Waals surface area contributed by atoms with Gasteiger partial charge in [-0.05, 0) is 81.1 Å². The molecule has 1 saturated heterocycles. The Bertz CT molecular complexity index is 1340. The molecule has 0 aromatic heterocycles. The maximum absolute atomic E-state index is 12.9. The van der Waals surface area contributed by atoms with Crippen molar-refractivity contribution in [2.75, 3.05) is 25.0 Å². The number of carbonyl (C=O) groups is 4. The fraction of sp³-hybridized carbons (Fsp3) is 0.438. The van der Waals surface area contributed by atoms with Gasteiger partial charge in [-0.1, -0.05) is 19.3 Å². The van der Waals surface area contributed by atoms with Crippen molar-refractivity contribution >= 4 is 29.3 Å². The predicted molar refractivity (Wildman–Crippen MR) is 162 cm³/mol. The smallest absolute Gasteiger partial charge is 0.268 e. The minimum Gasteiger partial charge on any atom is -0.391 e. The Morgan fingerprint density at radius 1 is 0.930 bits per heavy atom. The summed E-state index contributed by atoms with van der Waals surface area (Å²) < 4.78 is 0. The number of benzene rings is 2.